The highest BCUT2D eigenvalue weighted by Crippen LogP contribution is 2.37. The van der Waals surface area contributed by atoms with Crippen molar-refractivity contribution in [2.45, 2.75) is 59.6 Å². The zero-order valence-electron chi connectivity index (χ0n) is 13.8. The summed E-state index contributed by atoms with van der Waals surface area (Å²) in [7, 11) is 0. The number of aliphatic hydroxyl groups is 6. The van der Waals surface area contributed by atoms with Gasteiger partial charge in [0, 0.05) is 9.82 Å². The van der Waals surface area contributed by atoms with Crippen LogP contribution in [-0.4, -0.2) is 103 Å². The van der Waals surface area contributed by atoms with Crippen LogP contribution in [0.1, 0.15) is 0 Å². The molecule has 2 heterocycles. The Hall–Kier alpha value is -1.35. The molecule has 15 heteroatoms. The van der Waals surface area contributed by atoms with Gasteiger partial charge in [-0.3, -0.25) is 0 Å². The lowest BCUT2D eigenvalue weighted by Gasteiger charge is -2.44. The lowest BCUT2D eigenvalue weighted by Crippen LogP contribution is -2.60. The fraction of sp³-hybridized carbons (Fsp3) is 1.00. The third kappa shape index (κ3) is 4.56. The van der Waals surface area contributed by atoms with Gasteiger partial charge in [0.15, 0.2) is 0 Å². The predicted octanol–water partition coefficient (Wildman–Crippen LogP) is -2.04. The van der Waals surface area contributed by atoms with E-state index in [1.165, 1.54) is 0 Å². The van der Waals surface area contributed by atoms with E-state index in [-0.39, 0.29) is 0 Å². The molecule has 152 valence electrons. The number of azide groups is 2. The average Bonchev–Trinajstić information content (AvgIpc) is 2.66. The summed E-state index contributed by atoms with van der Waals surface area (Å²) >= 11 is 0.704. The van der Waals surface area contributed by atoms with E-state index in [1.807, 2.05) is 0 Å². The van der Waals surface area contributed by atoms with Crippen LogP contribution in [-0.2, 0) is 9.47 Å². The van der Waals surface area contributed by atoms with Gasteiger partial charge in [0.05, 0.1) is 37.5 Å². The minimum atomic E-state index is -1.52. The highest BCUT2D eigenvalue weighted by atomic mass is 32.2. The van der Waals surface area contributed by atoms with E-state index in [2.05, 4.69) is 20.1 Å². The number of aliphatic hydroxyl groups excluding tert-OH is 6. The fourth-order valence-electron chi connectivity index (χ4n) is 2.88. The summed E-state index contributed by atoms with van der Waals surface area (Å²) in [5.74, 6) is 0. The Morgan fingerprint density at radius 3 is 1.41 bits per heavy atom. The van der Waals surface area contributed by atoms with Crippen molar-refractivity contribution in [2.24, 2.45) is 10.2 Å². The summed E-state index contributed by atoms with van der Waals surface area (Å²) in [6, 6.07) is -2.66. The summed E-state index contributed by atoms with van der Waals surface area (Å²) < 4.78 is 10.8. The van der Waals surface area contributed by atoms with E-state index in [0.717, 1.165) is 0 Å². The quantitative estimate of drug-likeness (QED) is 0.161. The number of nitrogens with zero attached hydrogens (tertiary/aromatic N) is 6. The third-order valence-electron chi connectivity index (χ3n) is 4.34. The summed E-state index contributed by atoms with van der Waals surface area (Å²) in [6.07, 6.45) is -8.30. The number of ether oxygens (including phenoxy) is 2. The second-order valence-corrected chi connectivity index (χ2v) is 7.14. The van der Waals surface area contributed by atoms with E-state index in [0.29, 0.717) is 11.8 Å². The molecule has 0 spiro atoms. The molecule has 0 amide bonds. The Morgan fingerprint density at radius 1 is 0.741 bits per heavy atom. The van der Waals surface area contributed by atoms with Crippen molar-refractivity contribution in [1.29, 1.82) is 0 Å². The minimum Gasteiger partial charge on any atom is -0.394 e. The first-order valence-electron chi connectivity index (χ1n) is 7.88. The van der Waals surface area contributed by atoms with Crippen LogP contribution in [0.15, 0.2) is 10.2 Å². The number of hydrogen-bond acceptors (Lipinski definition) is 11. The highest BCUT2D eigenvalue weighted by molar-refractivity contribution is 8.00. The van der Waals surface area contributed by atoms with Crippen LogP contribution < -0.4 is 0 Å². The predicted molar refractivity (Wildman–Crippen MR) is 89.0 cm³/mol. The molecule has 0 radical (unpaired) electrons. The van der Waals surface area contributed by atoms with Crippen LogP contribution in [0.25, 0.3) is 20.9 Å². The van der Waals surface area contributed by atoms with Gasteiger partial charge in [-0.1, -0.05) is 22.0 Å². The Morgan fingerprint density at radius 2 is 1.11 bits per heavy atom. The van der Waals surface area contributed by atoms with E-state index in [1.54, 1.807) is 0 Å². The molecular weight excluding hydrogens is 388 g/mol. The molecule has 0 saturated carbocycles. The van der Waals surface area contributed by atoms with Crippen LogP contribution in [0.5, 0.6) is 0 Å². The number of rotatable bonds is 6. The van der Waals surface area contributed by atoms with Crippen molar-refractivity contribution in [3.63, 3.8) is 0 Å². The Balaban J connectivity index is 2.21. The molecular formula is C12H20N6O8S. The molecule has 0 aromatic rings. The van der Waals surface area contributed by atoms with Crippen LogP contribution >= 0.6 is 11.8 Å². The third-order valence-corrected chi connectivity index (χ3v) is 5.65. The zero-order valence-corrected chi connectivity index (χ0v) is 14.6. The molecule has 14 nitrogen and oxygen atoms in total. The van der Waals surface area contributed by atoms with Crippen molar-refractivity contribution in [2.75, 3.05) is 13.2 Å². The first kappa shape index (κ1) is 21.9. The molecule has 4 unspecified atom stereocenters. The van der Waals surface area contributed by atoms with Crippen molar-refractivity contribution < 1.29 is 40.1 Å². The van der Waals surface area contributed by atoms with Crippen molar-refractivity contribution >= 4 is 11.8 Å². The summed E-state index contributed by atoms with van der Waals surface area (Å²) in [5, 5.41) is 66.0. The van der Waals surface area contributed by atoms with Crippen molar-refractivity contribution in [3.05, 3.63) is 20.9 Å². The lowest BCUT2D eigenvalue weighted by molar-refractivity contribution is -0.170. The summed E-state index contributed by atoms with van der Waals surface area (Å²) in [4.78, 5) is 5.11. The first-order chi connectivity index (χ1) is 12.9. The molecule has 0 bridgehead atoms. The molecule has 27 heavy (non-hydrogen) atoms. The Kier molecular flexibility index (Phi) is 7.91. The maximum atomic E-state index is 10.3. The highest BCUT2D eigenvalue weighted by Gasteiger charge is 2.49. The van der Waals surface area contributed by atoms with Gasteiger partial charge < -0.3 is 40.1 Å². The van der Waals surface area contributed by atoms with Gasteiger partial charge in [0.25, 0.3) is 0 Å². The molecule has 2 saturated heterocycles. The van der Waals surface area contributed by atoms with E-state index in [4.69, 9.17) is 20.5 Å². The van der Waals surface area contributed by atoms with E-state index in [9.17, 15) is 30.6 Å². The fourth-order valence-corrected chi connectivity index (χ4v) is 4.21. The van der Waals surface area contributed by atoms with Crippen LogP contribution in [0.2, 0.25) is 0 Å². The molecule has 2 fully saturated rings. The van der Waals surface area contributed by atoms with Gasteiger partial charge in [-0.15, -0.1) is 0 Å². The van der Waals surface area contributed by atoms with Gasteiger partial charge in [0.2, 0.25) is 0 Å². The molecule has 2 aliphatic heterocycles. The Bertz CT molecular complexity index is 554. The maximum absolute atomic E-state index is 10.3. The SMILES string of the molecule is [N-]=[N+]=NC1[C@@H](O)C(CO)O[C@@H](S[C@@H]2OC(CO)[C@H](O)[C@H](N=[N+]=[N-])C2O)[C@@H]1O. The van der Waals surface area contributed by atoms with Gasteiger partial charge in [-0.05, 0) is 11.1 Å². The zero-order chi connectivity index (χ0) is 20.1. The molecule has 2 rings (SSSR count). The standard InChI is InChI=1S/C12H20N6O8S/c13-17-15-5-7(21)3(1-19)25-11(9(5)23)27-12-10(24)6(16-18-14)8(22)4(2-20)26-12/h3-12,19-24H,1-2H2/t3?,4?,5-,6?,7-,8-,9?,10+,11-,12-/m0/s1. The van der Waals surface area contributed by atoms with E-state index >= 15 is 0 Å². The minimum absolute atomic E-state index is 0.629. The van der Waals surface area contributed by atoms with Gasteiger partial charge in [0.1, 0.15) is 35.3 Å². The van der Waals surface area contributed by atoms with Gasteiger partial charge >= 0.3 is 0 Å². The van der Waals surface area contributed by atoms with Crippen LogP contribution in [0.3, 0.4) is 0 Å². The summed E-state index contributed by atoms with van der Waals surface area (Å²) in [6.45, 7) is -1.26. The molecule has 0 aromatic carbocycles. The molecule has 6 N–H and O–H groups in total. The van der Waals surface area contributed by atoms with Crippen molar-refractivity contribution in [1.82, 2.24) is 0 Å². The lowest BCUT2D eigenvalue weighted by atomic mass is 9.98. The largest absolute Gasteiger partial charge is 0.394 e. The molecule has 2 aliphatic rings. The number of thioether (sulfide) groups is 1. The van der Waals surface area contributed by atoms with Gasteiger partial charge in [-0.2, -0.15) is 0 Å². The van der Waals surface area contributed by atoms with Gasteiger partial charge in [-0.25, -0.2) is 0 Å². The average molecular weight is 408 g/mol. The molecule has 0 aliphatic carbocycles. The second kappa shape index (κ2) is 9.73. The van der Waals surface area contributed by atoms with E-state index < -0.39 is 72.8 Å². The smallest absolute Gasteiger partial charge is 0.132 e. The topological polar surface area (TPSA) is 237 Å². The second-order valence-electron chi connectivity index (χ2n) is 5.94. The molecule has 0 aromatic heterocycles. The number of hydrogen-bond donors (Lipinski definition) is 6. The summed E-state index contributed by atoms with van der Waals surface area (Å²) in [5.41, 5.74) is 14.8. The normalized spacial score (nSPS) is 44.8. The monoisotopic (exact) mass is 408 g/mol. The molecule has 10 atom stereocenters. The van der Waals surface area contributed by atoms with Crippen LogP contribution in [0, 0.1) is 0 Å². The van der Waals surface area contributed by atoms with Crippen molar-refractivity contribution in [3.8, 4) is 0 Å². The van der Waals surface area contributed by atoms with Crippen LogP contribution in [0.4, 0.5) is 0 Å². The maximum Gasteiger partial charge on any atom is 0.132 e. The first-order valence-corrected chi connectivity index (χ1v) is 8.82. The Labute approximate surface area is 156 Å².